The Morgan fingerprint density at radius 3 is 2.14 bits per heavy atom. The second-order valence-corrected chi connectivity index (χ2v) is 4.50. The van der Waals surface area contributed by atoms with Crippen LogP contribution >= 0.6 is 0 Å². The van der Waals surface area contributed by atoms with Crippen molar-refractivity contribution in [3.05, 3.63) is 0 Å². The lowest BCUT2D eigenvalue weighted by atomic mass is 9.74. The van der Waals surface area contributed by atoms with E-state index in [4.69, 9.17) is 15.2 Å². The van der Waals surface area contributed by atoms with Crippen LogP contribution in [0.15, 0.2) is 0 Å². The molecule has 0 aromatic heterocycles. The zero-order valence-corrected chi connectivity index (χ0v) is 8.50. The summed E-state index contributed by atoms with van der Waals surface area (Å²) >= 11 is 0. The van der Waals surface area contributed by atoms with Gasteiger partial charge in [0.15, 0.2) is 0 Å². The summed E-state index contributed by atoms with van der Waals surface area (Å²) in [6.07, 6.45) is 3.37. The average molecular weight is 201 g/mol. The van der Waals surface area contributed by atoms with Gasteiger partial charge in [-0.15, -0.1) is 0 Å². The first-order chi connectivity index (χ1) is 6.66. The summed E-state index contributed by atoms with van der Waals surface area (Å²) in [6.45, 7) is 2.30. The topological polar surface area (TPSA) is 64.7 Å². The van der Waals surface area contributed by atoms with Crippen LogP contribution in [-0.4, -0.2) is 42.7 Å². The van der Waals surface area contributed by atoms with Crippen molar-refractivity contribution < 1.29 is 14.6 Å². The van der Waals surface area contributed by atoms with Gasteiger partial charge in [0.05, 0.1) is 18.8 Å². The molecule has 0 radical (unpaired) electrons. The molecule has 0 bridgehead atoms. The van der Waals surface area contributed by atoms with Gasteiger partial charge in [-0.1, -0.05) is 0 Å². The van der Waals surface area contributed by atoms with E-state index in [0.29, 0.717) is 13.2 Å². The molecule has 4 heteroatoms. The molecule has 2 rings (SSSR count). The summed E-state index contributed by atoms with van der Waals surface area (Å²) < 4.78 is 10.7. The Balaban J connectivity index is 2.09. The average Bonchev–Trinajstić information content (AvgIpc) is 2.20. The molecule has 0 spiro atoms. The standard InChI is InChI=1S/C10H19NO3/c11-9(3-1-5-13-7-9)10(12)4-2-6-14-8-10/h12H,1-8,11H2. The normalized spacial score (nSPS) is 45.0. The summed E-state index contributed by atoms with van der Waals surface area (Å²) in [5.41, 5.74) is 4.72. The van der Waals surface area contributed by atoms with Crippen LogP contribution in [0.3, 0.4) is 0 Å². The zero-order chi connectivity index (χ0) is 10.1. The zero-order valence-electron chi connectivity index (χ0n) is 8.50. The predicted octanol–water partition coefficient (Wildman–Crippen LogP) is 0.0358. The van der Waals surface area contributed by atoms with E-state index in [2.05, 4.69) is 0 Å². The molecule has 2 atom stereocenters. The van der Waals surface area contributed by atoms with Crippen molar-refractivity contribution in [2.24, 2.45) is 5.73 Å². The fourth-order valence-corrected chi connectivity index (χ4v) is 2.36. The summed E-state index contributed by atoms with van der Waals surface area (Å²) in [6, 6.07) is 0. The van der Waals surface area contributed by atoms with E-state index in [1.807, 2.05) is 0 Å². The predicted molar refractivity (Wildman–Crippen MR) is 52.0 cm³/mol. The van der Waals surface area contributed by atoms with Crippen molar-refractivity contribution in [2.45, 2.75) is 36.8 Å². The lowest BCUT2D eigenvalue weighted by Crippen LogP contribution is -2.67. The second kappa shape index (κ2) is 3.77. The van der Waals surface area contributed by atoms with E-state index >= 15 is 0 Å². The van der Waals surface area contributed by atoms with Gasteiger partial charge in [0.2, 0.25) is 0 Å². The Labute approximate surface area is 84.4 Å². The van der Waals surface area contributed by atoms with Crippen LogP contribution in [0.25, 0.3) is 0 Å². The number of hydrogen-bond acceptors (Lipinski definition) is 4. The molecule has 4 nitrogen and oxygen atoms in total. The van der Waals surface area contributed by atoms with E-state index in [1.165, 1.54) is 0 Å². The minimum absolute atomic E-state index is 0.354. The van der Waals surface area contributed by atoms with Crippen LogP contribution in [0.5, 0.6) is 0 Å². The number of aliphatic hydroxyl groups is 1. The molecule has 0 amide bonds. The van der Waals surface area contributed by atoms with Crippen LogP contribution in [0.4, 0.5) is 0 Å². The third-order valence-corrected chi connectivity index (χ3v) is 3.42. The first-order valence-corrected chi connectivity index (χ1v) is 5.33. The molecule has 2 heterocycles. The summed E-state index contributed by atoms with van der Waals surface area (Å²) in [7, 11) is 0. The third-order valence-electron chi connectivity index (χ3n) is 3.42. The molecule has 3 N–H and O–H groups in total. The Kier molecular flexibility index (Phi) is 2.79. The molecule has 14 heavy (non-hydrogen) atoms. The Hall–Kier alpha value is -0.160. The number of ether oxygens (including phenoxy) is 2. The van der Waals surface area contributed by atoms with Crippen molar-refractivity contribution in [3.8, 4) is 0 Å². The van der Waals surface area contributed by atoms with Crippen LogP contribution < -0.4 is 5.73 Å². The highest BCUT2D eigenvalue weighted by molar-refractivity contribution is 5.05. The number of hydrogen-bond donors (Lipinski definition) is 2. The second-order valence-electron chi connectivity index (χ2n) is 4.50. The molecular formula is C10H19NO3. The van der Waals surface area contributed by atoms with E-state index in [-0.39, 0.29) is 0 Å². The van der Waals surface area contributed by atoms with Crippen molar-refractivity contribution in [1.82, 2.24) is 0 Å². The molecule has 2 unspecified atom stereocenters. The summed E-state index contributed by atoms with van der Waals surface area (Å²) in [4.78, 5) is 0. The largest absolute Gasteiger partial charge is 0.385 e. The maximum Gasteiger partial charge on any atom is 0.108 e. The Bertz CT molecular complexity index is 174. The Morgan fingerprint density at radius 2 is 1.64 bits per heavy atom. The molecular weight excluding hydrogens is 182 g/mol. The molecule has 2 saturated heterocycles. The maximum absolute atomic E-state index is 10.4. The van der Waals surface area contributed by atoms with E-state index < -0.39 is 11.1 Å². The summed E-state index contributed by atoms with van der Waals surface area (Å²) in [5, 5.41) is 10.4. The Morgan fingerprint density at radius 1 is 1.00 bits per heavy atom. The highest BCUT2D eigenvalue weighted by Gasteiger charge is 2.49. The van der Waals surface area contributed by atoms with Crippen molar-refractivity contribution >= 4 is 0 Å². The van der Waals surface area contributed by atoms with Crippen LogP contribution in [0, 0.1) is 0 Å². The fraction of sp³-hybridized carbons (Fsp3) is 1.00. The number of nitrogens with two attached hydrogens (primary N) is 1. The van der Waals surface area contributed by atoms with Gasteiger partial charge in [0.25, 0.3) is 0 Å². The van der Waals surface area contributed by atoms with Gasteiger partial charge >= 0.3 is 0 Å². The minimum atomic E-state index is -0.883. The maximum atomic E-state index is 10.4. The van der Waals surface area contributed by atoms with E-state index in [1.54, 1.807) is 0 Å². The van der Waals surface area contributed by atoms with Gasteiger partial charge in [-0.3, -0.25) is 0 Å². The van der Waals surface area contributed by atoms with Crippen molar-refractivity contribution in [2.75, 3.05) is 26.4 Å². The van der Waals surface area contributed by atoms with Gasteiger partial charge in [-0.2, -0.15) is 0 Å². The van der Waals surface area contributed by atoms with Crippen molar-refractivity contribution in [3.63, 3.8) is 0 Å². The SMILES string of the molecule is NC1(C2(O)CCCOC2)CCCOC1. The van der Waals surface area contributed by atoms with Crippen molar-refractivity contribution in [1.29, 1.82) is 0 Å². The minimum Gasteiger partial charge on any atom is -0.385 e. The lowest BCUT2D eigenvalue weighted by Gasteiger charge is -2.48. The number of rotatable bonds is 1. The van der Waals surface area contributed by atoms with Crippen LogP contribution in [0.1, 0.15) is 25.7 Å². The molecule has 0 saturated carbocycles. The first-order valence-electron chi connectivity index (χ1n) is 5.33. The van der Waals surface area contributed by atoms with Gasteiger partial charge in [-0.25, -0.2) is 0 Å². The molecule has 82 valence electrons. The molecule has 2 aliphatic heterocycles. The van der Waals surface area contributed by atoms with Gasteiger partial charge in [0.1, 0.15) is 5.60 Å². The fourth-order valence-electron chi connectivity index (χ4n) is 2.36. The third kappa shape index (κ3) is 1.67. The van der Waals surface area contributed by atoms with Gasteiger partial charge < -0.3 is 20.3 Å². The molecule has 2 fully saturated rings. The highest BCUT2D eigenvalue weighted by atomic mass is 16.5. The van der Waals surface area contributed by atoms with Crippen LogP contribution in [-0.2, 0) is 9.47 Å². The van der Waals surface area contributed by atoms with E-state index in [0.717, 1.165) is 38.9 Å². The lowest BCUT2D eigenvalue weighted by molar-refractivity contribution is -0.158. The van der Waals surface area contributed by atoms with Gasteiger partial charge in [0, 0.05) is 13.2 Å². The molecule has 0 aromatic carbocycles. The summed E-state index contributed by atoms with van der Waals surface area (Å²) in [5.74, 6) is 0. The smallest absolute Gasteiger partial charge is 0.108 e. The van der Waals surface area contributed by atoms with E-state index in [9.17, 15) is 5.11 Å². The molecule has 2 aliphatic rings. The molecule has 0 aromatic rings. The monoisotopic (exact) mass is 201 g/mol. The van der Waals surface area contributed by atoms with Crippen LogP contribution in [0.2, 0.25) is 0 Å². The van der Waals surface area contributed by atoms with Gasteiger partial charge in [-0.05, 0) is 25.7 Å². The first kappa shape index (κ1) is 10.4. The molecule has 0 aliphatic carbocycles. The quantitative estimate of drug-likeness (QED) is 0.628. The highest BCUT2D eigenvalue weighted by Crippen LogP contribution is 2.34.